The molecule has 1 saturated heterocycles. The Bertz CT molecular complexity index is 980. The number of ether oxygens (including phenoxy) is 1. The molecule has 0 bridgehead atoms. The molecule has 1 saturated carbocycles. The molecule has 26 heavy (non-hydrogen) atoms. The lowest BCUT2D eigenvalue weighted by Gasteiger charge is -2.13. The van der Waals surface area contributed by atoms with Gasteiger partial charge >= 0.3 is 6.09 Å². The van der Waals surface area contributed by atoms with Crippen LogP contribution in [-0.2, 0) is 11.3 Å². The molecular weight excluding hydrogens is 341 g/mol. The summed E-state index contributed by atoms with van der Waals surface area (Å²) < 4.78 is 26.9. The highest BCUT2D eigenvalue weighted by molar-refractivity contribution is 5.91. The zero-order valence-electron chi connectivity index (χ0n) is 13.6. The quantitative estimate of drug-likeness (QED) is 0.715. The highest BCUT2D eigenvalue weighted by Gasteiger charge is 2.54. The van der Waals surface area contributed by atoms with Gasteiger partial charge in [0.15, 0.2) is 0 Å². The minimum absolute atomic E-state index is 0.173. The van der Waals surface area contributed by atoms with Gasteiger partial charge in [0, 0.05) is 0 Å². The molecule has 0 atom stereocenters. The second kappa shape index (κ2) is 5.38. The van der Waals surface area contributed by atoms with Crippen LogP contribution in [0, 0.1) is 5.82 Å². The van der Waals surface area contributed by atoms with Gasteiger partial charge in [-0.05, 0) is 31.0 Å². The fourth-order valence-corrected chi connectivity index (χ4v) is 3.05. The molecule has 9 heteroatoms. The lowest BCUT2D eigenvalue weighted by molar-refractivity contribution is 0.129. The van der Waals surface area contributed by atoms with Crippen LogP contribution in [-0.4, -0.2) is 38.0 Å². The van der Waals surface area contributed by atoms with E-state index in [9.17, 15) is 9.18 Å². The number of carbonyl (C=O) groups excluding carboxylic acids is 1. The standard InChI is InChI=1S/C17H14FN5O3/c18-14-5-12(23-8-17(3-4-17)26-16(23)24)1-2-13(14)15-21-11(7-25-15)6-22-10-19-9-20-22/h1-2,5,7,9-10H,3-4,6,8H2. The summed E-state index contributed by atoms with van der Waals surface area (Å²) in [6.45, 7) is 0.844. The zero-order valence-corrected chi connectivity index (χ0v) is 13.6. The van der Waals surface area contributed by atoms with E-state index in [4.69, 9.17) is 9.15 Å². The summed E-state index contributed by atoms with van der Waals surface area (Å²) in [5.74, 6) is -0.340. The molecule has 2 fully saturated rings. The number of anilines is 1. The molecule has 0 unspecified atom stereocenters. The minimum Gasteiger partial charge on any atom is -0.444 e. The molecule has 1 aliphatic heterocycles. The van der Waals surface area contributed by atoms with Crippen molar-refractivity contribution in [1.29, 1.82) is 0 Å². The molecular formula is C17H14FN5O3. The van der Waals surface area contributed by atoms with E-state index in [0.717, 1.165) is 12.8 Å². The van der Waals surface area contributed by atoms with Crippen LogP contribution in [0.5, 0.6) is 0 Å². The van der Waals surface area contributed by atoms with Crippen molar-refractivity contribution >= 4 is 11.8 Å². The predicted octanol–water partition coefficient (Wildman–Crippen LogP) is 2.61. The van der Waals surface area contributed by atoms with Crippen LogP contribution in [0.15, 0.2) is 41.5 Å². The predicted molar refractivity (Wildman–Crippen MR) is 86.8 cm³/mol. The van der Waals surface area contributed by atoms with Crippen LogP contribution < -0.4 is 4.90 Å². The van der Waals surface area contributed by atoms with E-state index in [1.165, 1.54) is 23.6 Å². The van der Waals surface area contributed by atoms with E-state index >= 15 is 0 Å². The number of rotatable bonds is 4. The first kappa shape index (κ1) is 15.1. The number of hydrogen-bond acceptors (Lipinski definition) is 6. The normalized spacial score (nSPS) is 17.7. The van der Waals surface area contributed by atoms with Crippen molar-refractivity contribution in [3.63, 3.8) is 0 Å². The summed E-state index contributed by atoms with van der Waals surface area (Å²) in [6.07, 6.45) is 5.74. The Morgan fingerprint density at radius 2 is 2.19 bits per heavy atom. The van der Waals surface area contributed by atoms with Gasteiger partial charge in [0.1, 0.15) is 36.0 Å². The van der Waals surface area contributed by atoms with Gasteiger partial charge in [-0.2, -0.15) is 5.10 Å². The first-order chi connectivity index (χ1) is 12.6. The Morgan fingerprint density at radius 1 is 1.31 bits per heavy atom. The molecule has 1 spiro atoms. The molecule has 8 nitrogen and oxygen atoms in total. The van der Waals surface area contributed by atoms with Crippen LogP contribution in [0.2, 0.25) is 0 Å². The summed E-state index contributed by atoms with van der Waals surface area (Å²) in [4.78, 5) is 21.6. The molecule has 132 valence electrons. The zero-order chi connectivity index (χ0) is 17.7. The summed E-state index contributed by atoms with van der Waals surface area (Å²) in [5.41, 5.74) is 0.944. The average Bonchev–Trinajstić information content (AvgIpc) is 3.00. The monoisotopic (exact) mass is 355 g/mol. The smallest absolute Gasteiger partial charge is 0.415 e. The lowest BCUT2D eigenvalue weighted by atomic mass is 10.1. The molecule has 3 heterocycles. The van der Waals surface area contributed by atoms with E-state index in [-0.39, 0.29) is 17.1 Å². The van der Waals surface area contributed by atoms with E-state index < -0.39 is 11.9 Å². The van der Waals surface area contributed by atoms with E-state index in [1.807, 2.05) is 0 Å². The SMILES string of the molecule is O=C1OC2(CC2)CN1c1ccc(-c2nc(Cn3cncn3)co2)c(F)c1. The fourth-order valence-electron chi connectivity index (χ4n) is 3.05. The third-order valence-corrected chi connectivity index (χ3v) is 4.62. The van der Waals surface area contributed by atoms with Gasteiger partial charge in [-0.3, -0.25) is 4.90 Å². The van der Waals surface area contributed by atoms with Crippen LogP contribution in [0.4, 0.5) is 14.9 Å². The van der Waals surface area contributed by atoms with Crippen LogP contribution in [0.1, 0.15) is 18.5 Å². The largest absolute Gasteiger partial charge is 0.444 e. The van der Waals surface area contributed by atoms with Gasteiger partial charge in [0.05, 0.1) is 24.3 Å². The number of hydrogen-bond donors (Lipinski definition) is 0. The molecule has 0 N–H and O–H groups in total. The summed E-state index contributed by atoms with van der Waals surface area (Å²) >= 11 is 0. The Labute approximate surface area is 147 Å². The van der Waals surface area contributed by atoms with Crippen molar-refractivity contribution in [3.05, 3.63) is 48.6 Å². The van der Waals surface area contributed by atoms with Crippen LogP contribution >= 0.6 is 0 Å². The molecule has 5 rings (SSSR count). The molecule has 1 aliphatic carbocycles. The average molecular weight is 355 g/mol. The number of halogens is 1. The topological polar surface area (TPSA) is 86.3 Å². The maximum atomic E-state index is 14.6. The third kappa shape index (κ3) is 2.52. The fraction of sp³-hybridized carbons (Fsp3) is 0.294. The van der Waals surface area contributed by atoms with Crippen molar-refractivity contribution in [3.8, 4) is 11.5 Å². The number of nitrogens with zero attached hydrogens (tertiary/aromatic N) is 5. The third-order valence-electron chi connectivity index (χ3n) is 4.62. The van der Waals surface area contributed by atoms with Gasteiger partial charge < -0.3 is 9.15 Å². The number of carbonyl (C=O) groups is 1. The van der Waals surface area contributed by atoms with Crippen molar-refractivity contribution < 1.29 is 18.3 Å². The van der Waals surface area contributed by atoms with Crippen LogP contribution in [0.3, 0.4) is 0 Å². The van der Waals surface area contributed by atoms with E-state index in [2.05, 4.69) is 15.1 Å². The number of oxazole rings is 1. The molecule has 1 aromatic carbocycles. The second-order valence-electron chi connectivity index (χ2n) is 6.54. The van der Waals surface area contributed by atoms with Gasteiger partial charge in [0.2, 0.25) is 5.89 Å². The Kier molecular flexibility index (Phi) is 3.12. The molecule has 0 radical (unpaired) electrons. The maximum Gasteiger partial charge on any atom is 0.415 e. The van der Waals surface area contributed by atoms with Crippen molar-refractivity contribution in [2.75, 3.05) is 11.4 Å². The van der Waals surface area contributed by atoms with Gasteiger partial charge in [0.25, 0.3) is 0 Å². The first-order valence-corrected chi connectivity index (χ1v) is 8.19. The van der Waals surface area contributed by atoms with Gasteiger partial charge in [-0.1, -0.05) is 0 Å². The van der Waals surface area contributed by atoms with Crippen molar-refractivity contribution in [2.24, 2.45) is 0 Å². The van der Waals surface area contributed by atoms with E-state index in [0.29, 0.717) is 24.5 Å². The maximum absolute atomic E-state index is 14.6. The minimum atomic E-state index is -0.513. The van der Waals surface area contributed by atoms with Crippen molar-refractivity contribution in [1.82, 2.24) is 19.7 Å². The van der Waals surface area contributed by atoms with Crippen LogP contribution in [0.25, 0.3) is 11.5 Å². The Balaban J connectivity index is 1.39. The Hall–Kier alpha value is -3.23. The molecule has 2 aromatic heterocycles. The van der Waals surface area contributed by atoms with Gasteiger partial charge in [-0.15, -0.1) is 0 Å². The lowest BCUT2D eigenvalue weighted by Crippen LogP contribution is -2.24. The highest BCUT2D eigenvalue weighted by Crippen LogP contribution is 2.45. The van der Waals surface area contributed by atoms with E-state index in [1.54, 1.807) is 23.1 Å². The molecule has 3 aromatic rings. The van der Waals surface area contributed by atoms with Gasteiger partial charge in [-0.25, -0.2) is 23.8 Å². The number of amides is 1. The van der Waals surface area contributed by atoms with Crippen molar-refractivity contribution in [2.45, 2.75) is 25.0 Å². The summed E-state index contributed by atoms with van der Waals surface area (Å²) in [6, 6.07) is 4.53. The number of aromatic nitrogens is 4. The second-order valence-corrected chi connectivity index (χ2v) is 6.54. The Morgan fingerprint density at radius 3 is 2.88 bits per heavy atom. The molecule has 2 aliphatic rings. The first-order valence-electron chi connectivity index (χ1n) is 8.19. The summed E-state index contributed by atoms with van der Waals surface area (Å²) in [7, 11) is 0. The number of benzene rings is 1. The molecule has 1 amide bonds. The summed E-state index contributed by atoms with van der Waals surface area (Å²) in [5, 5.41) is 3.99. The highest BCUT2D eigenvalue weighted by atomic mass is 19.1.